The van der Waals surface area contributed by atoms with Crippen molar-refractivity contribution in [1.82, 2.24) is 10.3 Å². The fourth-order valence-corrected chi connectivity index (χ4v) is 2.98. The van der Waals surface area contributed by atoms with Gasteiger partial charge in [0.1, 0.15) is 11.3 Å². The van der Waals surface area contributed by atoms with E-state index in [1.807, 2.05) is 24.3 Å². The molecule has 25 heavy (non-hydrogen) atoms. The van der Waals surface area contributed by atoms with Gasteiger partial charge in [0.15, 0.2) is 0 Å². The van der Waals surface area contributed by atoms with Crippen molar-refractivity contribution in [2.45, 2.75) is 12.5 Å². The number of methoxy groups -OCH3 is 1. The number of carbonyl (C=O) groups excluding carboxylic acids is 2. The highest BCUT2D eigenvalue weighted by Gasteiger charge is 2.49. The van der Waals surface area contributed by atoms with Gasteiger partial charge in [-0.3, -0.25) is 4.79 Å². The largest absolute Gasteiger partial charge is 0.497 e. The van der Waals surface area contributed by atoms with Crippen molar-refractivity contribution in [2.24, 2.45) is 5.10 Å². The minimum absolute atomic E-state index is 0.436. The normalized spacial score (nSPS) is 20.2. The number of amides is 3. The van der Waals surface area contributed by atoms with Crippen LogP contribution < -0.4 is 10.1 Å². The lowest BCUT2D eigenvalue weighted by Gasteiger charge is -2.21. The Labute approximate surface area is 153 Å². The topological polar surface area (TPSA) is 71.0 Å². The summed E-state index contributed by atoms with van der Waals surface area (Å²) in [5.41, 5.74) is 0.262. The second kappa shape index (κ2) is 6.68. The van der Waals surface area contributed by atoms with Crippen LogP contribution in [0.4, 0.5) is 4.79 Å². The lowest BCUT2D eigenvalue weighted by atomic mass is 9.92. The third-order valence-electron chi connectivity index (χ3n) is 4.01. The molecule has 1 aliphatic rings. The maximum absolute atomic E-state index is 12.8. The Hall–Kier alpha value is -2.67. The van der Waals surface area contributed by atoms with E-state index in [1.54, 1.807) is 38.3 Å². The standard InChI is InChI=1S/C18H16BrN3O3/c1-18(13-6-8-15(25-2)9-7-13)16(23)22(17(24)21-18)20-11-12-4-3-5-14(19)10-12/h3-11H,1-2H3,(H,21,24)/b20-11-/t18-/m1/s1. The number of halogens is 1. The summed E-state index contributed by atoms with van der Waals surface area (Å²) in [6.07, 6.45) is 1.47. The van der Waals surface area contributed by atoms with Crippen LogP contribution in [0.3, 0.4) is 0 Å². The molecule has 3 amide bonds. The highest BCUT2D eigenvalue weighted by molar-refractivity contribution is 9.10. The quantitative estimate of drug-likeness (QED) is 0.631. The van der Waals surface area contributed by atoms with Gasteiger partial charge in [-0.15, -0.1) is 5.01 Å². The van der Waals surface area contributed by atoms with Crippen molar-refractivity contribution in [1.29, 1.82) is 0 Å². The van der Waals surface area contributed by atoms with Crippen molar-refractivity contribution in [3.05, 3.63) is 64.1 Å². The van der Waals surface area contributed by atoms with E-state index in [0.717, 1.165) is 15.0 Å². The van der Waals surface area contributed by atoms with Gasteiger partial charge in [0.25, 0.3) is 5.91 Å². The van der Waals surface area contributed by atoms with Crippen molar-refractivity contribution < 1.29 is 14.3 Å². The highest BCUT2D eigenvalue weighted by Crippen LogP contribution is 2.30. The Kier molecular flexibility index (Phi) is 4.59. The molecule has 1 aliphatic heterocycles. The summed E-state index contributed by atoms with van der Waals surface area (Å²) in [5.74, 6) is 0.238. The van der Waals surface area contributed by atoms with E-state index in [1.165, 1.54) is 6.21 Å². The Morgan fingerprint density at radius 3 is 2.56 bits per heavy atom. The van der Waals surface area contributed by atoms with Gasteiger partial charge in [0.05, 0.1) is 13.3 Å². The minimum atomic E-state index is -1.17. The van der Waals surface area contributed by atoms with Crippen molar-refractivity contribution in [3.63, 3.8) is 0 Å². The van der Waals surface area contributed by atoms with Gasteiger partial charge in [0, 0.05) is 4.47 Å². The van der Waals surface area contributed by atoms with Crippen LogP contribution in [0.5, 0.6) is 5.75 Å². The molecule has 2 aromatic rings. The maximum Gasteiger partial charge on any atom is 0.346 e. The molecule has 0 spiro atoms. The average molecular weight is 402 g/mol. The SMILES string of the molecule is COc1ccc([C@@]2(C)NC(=O)N(/N=C\c3cccc(Br)c3)C2=O)cc1. The number of hydrazone groups is 1. The molecule has 1 saturated heterocycles. The lowest BCUT2D eigenvalue weighted by molar-refractivity contribution is -0.131. The van der Waals surface area contributed by atoms with Crippen LogP contribution in [0.1, 0.15) is 18.1 Å². The zero-order chi connectivity index (χ0) is 18.0. The Morgan fingerprint density at radius 2 is 1.92 bits per heavy atom. The van der Waals surface area contributed by atoms with E-state index in [4.69, 9.17) is 4.74 Å². The van der Waals surface area contributed by atoms with Crippen LogP contribution in [0.15, 0.2) is 58.1 Å². The molecule has 1 fully saturated rings. The Balaban J connectivity index is 1.86. The molecule has 0 unspecified atom stereocenters. The first-order chi connectivity index (χ1) is 11.9. The summed E-state index contributed by atoms with van der Waals surface area (Å²) >= 11 is 3.37. The number of hydrogen-bond acceptors (Lipinski definition) is 4. The van der Waals surface area contributed by atoms with Crippen LogP contribution in [-0.4, -0.2) is 30.3 Å². The number of ether oxygens (including phenoxy) is 1. The number of urea groups is 1. The van der Waals surface area contributed by atoms with Gasteiger partial charge in [-0.2, -0.15) is 5.10 Å². The predicted octanol–water partition coefficient (Wildman–Crippen LogP) is 3.26. The minimum Gasteiger partial charge on any atom is -0.497 e. The zero-order valence-corrected chi connectivity index (χ0v) is 15.3. The number of imide groups is 1. The monoisotopic (exact) mass is 401 g/mol. The molecule has 2 aromatic carbocycles. The van der Waals surface area contributed by atoms with Crippen LogP contribution >= 0.6 is 15.9 Å². The molecule has 128 valence electrons. The number of benzene rings is 2. The maximum atomic E-state index is 12.8. The molecule has 0 aliphatic carbocycles. The number of nitrogens with zero attached hydrogens (tertiary/aromatic N) is 2. The predicted molar refractivity (Wildman–Crippen MR) is 97.5 cm³/mol. The Bertz CT molecular complexity index is 851. The Morgan fingerprint density at radius 1 is 1.20 bits per heavy atom. The molecular weight excluding hydrogens is 386 g/mol. The van der Waals surface area contributed by atoms with Gasteiger partial charge in [-0.1, -0.05) is 40.2 Å². The van der Waals surface area contributed by atoms with Gasteiger partial charge in [-0.05, 0) is 42.3 Å². The van der Waals surface area contributed by atoms with Crippen molar-refractivity contribution in [3.8, 4) is 5.75 Å². The average Bonchev–Trinajstić information content (AvgIpc) is 2.83. The summed E-state index contributed by atoms with van der Waals surface area (Å²) in [5, 5.41) is 7.61. The lowest BCUT2D eigenvalue weighted by Crippen LogP contribution is -2.40. The van der Waals surface area contributed by atoms with E-state index in [-0.39, 0.29) is 0 Å². The number of hydrogen-bond donors (Lipinski definition) is 1. The first kappa shape index (κ1) is 17.2. The van der Waals surface area contributed by atoms with Crippen LogP contribution in [-0.2, 0) is 10.3 Å². The third-order valence-corrected chi connectivity index (χ3v) is 4.50. The summed E-state index contributed by atoms with van der Waals surface area (Å²) in [6, 6.07) is 13.8. The molecule has 7 heteroatoms. The summed E-state index contributed by atoms with van der Waals surface area (Å²) in [7, 11) is 1.57. The summed E-state index contributed by atoms with van der Waals surface area (Å²) < 4.78 is 6.01. The smallest absolute Gasteiger partial charge is 0.346 e. The van der Waals surface area contributed by atoms with E-state index in [0.29, 0.717) is 11.3 Å². The second-order valence-corrected chi connectivity index (χ2v) is 6.62. The fraction of sp³-hybridized carbons (Fsp3) is 0.167. The van der Waals surface area contributed by atoms with Gasteiger partial charge >= 0.3 is 6.03 Å². The molecule has 1 atom stereocenters. The van der Waals surface area contributed by atoms with Crippen LogP contribution in [0.25, 0.3) is 0 Å². The van der Waals surface area contributed by atoms with Crippen LogP contribution in [0, 0.1) is 0 Å². The number of carbonyl (C=O) groups is 2. The first-order valence-corrected chi connectivity index (χ1v) is 8.34. The molecule has 0 radical (unpaired) electrons. The zero-order valence-electron chi connectivity index (χ0n) is 13.7. The summed E-state index contributed by atoms with van der Waals surface area (Å²) in [6.45, 7) is 1.66. The molecule has 0 saturated carbocycles. The molecule has 1 N–H and O–H groups in total. The number of nitrogens with one attached hydrogen (secondary N) is 1. The molecule has 3 rings (SSSR count). The van der Waals surface area contributed by atoms with E-state index < -0.39 is 17.5 Å². The summed E-state index contributed by atoms with van der Waals surface area (Å²) in [4.78, 5) is 25.0. The number of rotatable bonds is 4. The van der Waals surface area contributed by atoms with E-state index >= 15 is 0 Å². The molecular formula is C18H16BrN3O3. The van der Waals surface area contributed by atoms with Gasteiger partial charge in [-0.25, -0.2) is 4.79 Å². The molecule has 0 aromatic heterocycles. The second-order valence-electron chi connectivity index (χ2n) is 5.70. The fourth-order valence-electron chi connectivity index (χ4n) is 2.56. The first-order valence-electron chi connectivity index (χ1n) is 7.55. The molecule has 0 bridgehead atoms. The highest BCUT2D eigenvalue weighted by atomic mass is 79.9. The van der Waals surface area contributed by atoms with Gasteiger partial charge < -0.3 is 10.1 Å². The van der Waals surface area contributed by atoms with Crippen molar-refractivity contribution in [2.75, 3.05) is 7.11 Å². The molecule has 6 nitrogen and oxygen atoms in total. The van der Waals surface area contributed by atoms with E-state index in [2.05, 4.69) is 26.3 Å². The van der Waals surface area contributed by atoms with Gasteiger partial charge in [0.2, 0.25) is 0 Å². The van der Waals surface area contributed by atoms with Crippen molar-refractivity contribution >= 4 is 34.1 Å². The third kappa shape index (κ3) is 3.28. The van der Waals surface area contributed by atoms with Crippen LogP contribution in [0.2, 0.25) is 0 Å². The molecule has 1 heterocycles. The van der Waals surface area contributed by atoms with E-state index in [9.17, 15) is 9.59 Å².